The van der Waals surface area contributed by atoms with E-state index in [9.17, 15) is 0 Å². The summed E-state index contributed by atoms with van der Waals surface area (Å²) in [4.78, 5) is 4.70. The molecule has 1 heterocycles. The zero-order chi connectivity index (χ0) is 9.97. The largest absolute Gasteiger partial charge is 0.244 e. The molecule has 3 nitrogen and oxygen atoms in total. The molecule has 0 amide bonds. The average Bonchev–Trinajstić information content (AvgIpc) is 3.02. The lowest BCUT2D eigenvalue weighted by atomic mass is 10.2. The van der Waals surface area contributed by atoms with Gasteiger partial charge in [-0.3, -0.25) is 0 Å². The van der Waals surface area contributed by atoms with Crippen LogP contribution in [0.25, 0.3) is 0 Å². The molecule has 0 radical (unpaired) electrons. The number of pyridine rings is 1. The monoisotopic (exact) mass is 201 g/mol. The fourth-order valence-electron chi connectivity index (χ4n) is 1.09. The van der Waals surface area contributed by atoms with Crippen LogP contribution >= 0.6 is 11.8 Å². The highest BCUT2D eigenvalue weighted by molar-refractivity contribution is 8.00. The maximum absolute atomic E-state index is 8.87. The van der Waals surface area contributed by atoms with Crippen molar-refractivity contribution < 1.29 is 0 Å². The van der Waals surface area contributed by atoms with Crippen molar-refractivity contribution in [2.24, 2.45) is 0 Å². The molecule has 1 aliphatic carbocycles. The van der Waals surface area contributed by atoms with Gasteiger partial charge in [0.15, 0.2) is 5.69 Å². The lowest BCUT2D eigenvalue weighted by Crippen LogP contribution is -1.91. The number of nitriles is 2. The molecule has 1 aliphatic rings. The summed E-state index contributed by atoms with van der Waals surface area (Å²) in [6, 6.07) is 5.77. The van der Waals surface area contributed by atoms with Gasteiger partial charge >= 0.3 is 0 Å². The van der Waals surface area contributed by atoms with Crippen LogP contribution in [0.3, 0.4) is 0 Å². The van der Waals surface area contributed by atoms with Crippen LogP contribution in [0.1, 0.15) is 24.1 Å². The van der Waals surface area contributed by atoms with E-state index in [0.29, 0.717) is 16.5 Å². The Morgan fingerprint density at radius 3 is 2.71 bits per heavy atom. The number of rotatable bonds is 2. The van der Waals surface area contributed by atoms with E-state index < -0.39 is 0 Å². The first-order valence-corrected chi connectivity index (χ1v) is 5.19. The van der Waals surface area contributed by atoms with Crippen LogP contribution in [0.5, 0.6) is 0 Å². The highest BCUT2D eigenvalue weighted by Gasteiger charge is 2.25. The fourth-order valence-corrected chi connectivity index (χ4v) is 2.24. The summed E-state index contributed by atoms with van der Waals surface area (Å²) < 4.78 is 0. The summed E-state index contributed by atoms with van der Waals surface area (Å²) >= 11 is 1.60. The maximum Gasteiger partial charge on any atom is 0.155 e. The molecule has 0 bridgehead atoms. The molecule has 0 spiro atoms. The van der Waals surface area contributed by atoms with Crippen LogP contribution in [0.2, 0.25) is 0 Å². The molecule has 0 saturated heterocycles. The van der Waals surface area contributed by atoms with E-state index in [0.717, 1.165) is 4.90 Å². The lowest BCUT2D eigenvalue weighted by Gasteiger charge is -2.02. The Bertz CT molecular complexity index is 405. The van der Waals surface area contributed by atoms with E-state index in [1.165, 1.54) is 19.0 Å². The number of aromatic nitrogens is 1. The molecule has 2 rings (SSSR count). The van der Waals surface area contributed by atoms with Crippen LogP contribution in [0.15, 0.2) is 17.2 Å². The molecule has 1 aromatic rings. The minimum Gasteiger partial charge on any atom is -0.244 e. The predicted octanol–water partition coefficient (Wildman–Crippen LogP) is 2.08. The van der Waals surface area contributed by atoms with Crippen LogP contribution in [-0.2, 0) is 0 Å². The standard InChI is InChI=1S/C10H7N3S/c11-5-7-3-4-13-9(6-12)10(7)14-8-1-2-8/h3-4,8H,1-2H2. The molecule has 0 atom stereocenters. The smallest absolute Gasteiger partial charge is 0.155 e. The first-order valence-electron chi connectivity index (χ1n) is 4.31. The first kappa shape index (κ1) is 9.05. The molecule has 1 aromatic heterocycles. The number of hydrogen-bond acceptors (Lipinski definition) is 4. The van der Waals surface area contributed by atoms with E-state index in [1.807, 2.05) is 6.07 Å². The third-order valence-electron chi connectivity index (χ3n) is 1.94. The summed E-state index contributed by atoms with van der Waals surface area (Å²) in [5.74, 6) is 0. The van der Waals surface area contributed by atoms with Crippen molar-refractivity contribution in [1.29, 1.82) is 10.5 Å². The van der Waals surface area contributed by atoms with E-state index in [-0.39, 0.29) is 0 Å². The van der Waals surface area contributed by atoms with Gasteiger partial charge in [-0.05, 0) is 18.9 Å². The van der Waals surface area contributed by atoms with Crippen molar-refractivity contribution in [3.8, 4) is 12.1 Å². The summed E-state index contributed by atoms with van der Waals surface area (Å²) in [5.41, 5.74) is 0.939. The summed E-state index contributed by atoms with van der Waals surface area (Å²) in [5, 5.41) is 18.3. The van der Waals surface area contributed by atoms with Gasteiger partial charge in [0, 0.05) is 11.4 Å². The second kappa shape index (κ2) is 3.69. The van der Waals surface area contributed by atoms with Crippen molar-refractivity contribution in [2.45, 2.75) is 23.0 Å². The van der Waals surface area contributed by atoms with Gasteiger partial charge in [-0.1, -0.05) is 0 Å². The van der Waals surface area contributed by atoms with E-state index >= 15 is 0 Å². The van der Waals surface area contributed by atoms with Crippen molar-refractivity contribution in [1.82, 2.24) is 4.98 Å². The zero-order valence-electron chi connectivity index (χ0n) is 7.40. The van der Waals surface area contributed by atoms with E-state index in [4.69, 9.17) is 10.5 Å². The Labute approximate surface area is 86.4 Å². The molecule has 0 aliphatic heterocycles. The van der Waals surface area contributed by atoms with Crippen LogP contribution in [0.4, 0.5) is 0 Å². The molecule has 1 fully saturated rings. The third kappa shape index (κ3) is 1.71. The fraction of sp³-hybridized carbons (Fsp3) is 0.300. The number of nitrogens with zero attached hydrogens (tertiary/aromatic N) is 3. The van der Waals surface area contributed by atoms with Gasteiger partial charge in [0.2, 0.25) is 0 Å². The van der Waals surface area contributed by atoms with Gasteiger partial charge in [-0.2, -0.15) is 10.5 Å². The van der Waals surface area contributed by atoms with Gasteiger partial charge in [0.05, 0.1) is 10.5 Å². The van der Waals surface area contributed by atoms with Gasteiger partial charge in [-0.25, -0.2) is 4.98 Å². The third-order valence-corrected chi connectivity index (χ3v) is 3.39. The second-order valence-electron chi connectivity index (χ2n) is 3.08. The maximum atomic E-state index is 8.87. The van der Waals surface area contributed by atoms with Crippen LogP contribution in [0, 0.1) is 22.7 Å². The van der Waals surface area contributed by atoms with Crippen molar-refractivity contribution in [3.63, 3.8) is 0 Å². The minimum atomic E-state index is 0.376. The van der Waals surface area contributed by atoms with Crippen LogP contribution < -0.4 is 0 Å². The van der Waals surface area contributed by atoms with Gasteiger partial charge < -0.3 is 0 Å². The Balaban J connectivity index is 2.41. The number of thioether (sulfide) groups is 1. The van der Waals surface area contributed by atoms with Crippen molar-refractivity contribution >= 4 is 11.8 Å². The molecule has 14 heavy (non-hydrogen) atoms. The number of hydrogen-bond donors (Lipinski definition) is 0. The summed E-state index contributed by atoms with van der Waals surface area (Å²) in [6.45, 7) is 0. The summed E-state index contributed by atoms with van der Waals surface area (Å²) in [7, 11) is 0. The summed E-state index contributed by atoms with van der Waals surface area (Å²) in [6.07, 6.45) is 3.86. The van der Waals surface area contributed by atoms with Gasteiger partial charge in [-0.15, -0.1) is 11.8 Å². The second-order valence-corrected chi connectivity index (χ2v) is 4.39. The Morgan fingerprint density at radius 1 is 1.36 bits per heavy atom. The predicted molar refractivity (Wildman–Crippen MR) is 52.5 cm³/mol. The molecule has 0 aromatic carbocycles. The zero-order valence-corrected chi connectivity index (χ0v) is 8.21. The molecule has 68 valence electrons. The van der Waals surface area contributed by atoms with Gasteiger partial charge in [0.25, 0.3) is 0 Å². The average molecular weight is 201 g/mol. The Kier molecular flexibility index (Phi) is 2.39. The lowest BCUT2D eigenvalue weighted by molar-refractivity contribution is 1.15. The minimum absolute atomic E-state index is 0.376. The molecular formula is C10H7N3S. The first-order chi connectivity index (χ1) is 6.85. The molecule has 4 heteroatoms. The SMILES string of the molecule is N#Cc1ccnc(C#N)c1SC1CC1. The molecule has 0 unspecified atom stereocenters. The normalized spacial score (nSPS) is 14.4. The molecule has 1 saturated carbocycles. The van der Waals surface area contributed by atoms with Crippen LogP contribution in [-0.4, -0.2) is 10.2 Å². The molecular weight excluding hydrogens is 194 g/mol. The quantitative estimate of drug-likeness (QED) is 0.735. The van der Waals surface area contributed by atoms with Gasteiger partial charge in [0.1, 0.15) is 12.1 Å². The topological polar surface area (TPSA) is 60.5 Å². The van der Waals surface area contributed by atoms with E-state index in [2.05, 4.69) is 11.1 Å². The molecule has 0 N–H and O–H groups in total. The highest BCUT2D eigenvalue weighted by atomic mass is 32.2. The van der Waals surface area contributed by atoms with Crippen molar-refractivity contribution in [3.05, 3.63) is 23.5 Å². The Morgan fingerprint density at radius 2 is 2.14 bits per heavy atom. The highest BCUT2D eigenvalue weighted by Crippen LogP contribution is 2.41. The Hall–Kier alpha value is -1.52. The van der Waals surface area contributed by atoms with E-state index in [1.54, 1.807) is 17.8 Å². The van der Waals surface area contributed by atoms with Crippen molar-refractivity contribution in [2.75, 3.05) is 0 Å².